The van der Waals surface area contributed by atoms with Gasteiger partial charge in [-0.3, -0.25) is 0 Å². The van der Waals surface area contributed by atoms with Crippen molar-refractivity contribution in [2.75, 3.05) is 0 Å². The van der Waals surface area contributed by atoms with Gasteiger partial charge in [0.2, 0.25) is 0 Å². The Balaban J connectivity index is 1.62. The van der Waals surface area contributed by atoms with Crippen LogP contribution in [0, 0.1) is 17.8 Å². The van der Waals surface area contributed by atoms with Crippen LogP contribution >= 0.6 is 11.5 Å². The molecule has 3 rings (SSSR count). The lowest BCUT2D eigenvalue weighted by molar-refractivity contribution is 0.128. The lowest BCUT2D eigenvalue weighted by atomic mass is 9.85. The number of fused-ring (bicyclic) bond motifs is 2. The molecular weight excluding hydrogens is 208 g/mol. The fourth-order valence-corrected chi connectivity index (χ4v) is 3.89. The van der Waals surface area contributed by atoms with Gasteiger partial charge in [0.25, 0.3) is 0 Å². The molecule has 1 N–H and O–H groups in total. The summed E-state index contributed by atoms with van der Waals surface area (Å²) in [6, 6.07) is 0. The lowest BCUT2D eigenvalue weighted by Crippen LogP contribution is -2.13. The van der Waals surface area contributed by atoms with Gasteiger partial charge >= 0.3 is 0 Å². The van der Waals surface area contributed by atoms with Crippen LogP contribution in [-0.4, -0.2) is 14.7 Å². The summed E-state index contributed by atoms with van der Waals surface area (Å²) in [5.74, 6) is 2.61. The largest absolute Gasteiger partial charge is 0.387 e. The van der Waals surface area contributed by atoms with Crippen LogP contribution in [-0.2, 0) is 0 Å². The molecular formula is C11H16N2OS. The zero-order valence-corrected chi connectivity index (χ0v) is 9.49. The summed E-state index contributed by atoms with van der Waals surface area (Å²) in [7, 11) is 0. The van der Waals surface area contributed by atoms with Crippen molar-refractivity contribution in [2.45, 2.75) is 38.2 Å². The molecule has 2 bridgehead atoms. The Bertz CT molecular complexity index is 327. The molecule has 0 saturated heterocycles. The predicted molar refractivity (Wildman–Crippen MR) is 58.4 cm³/mol. The molecule has 2 aliphatic rings. The van der Waals surface area contributed by atoms with E-state index in [1.807, 2.05) is 0 Å². The number of aromatic nitrogens is 2. The summed E-state index contributed by atoms with van der Waals surface area (Å²) in [4.78, 5) is 0.928. The molecule has 2 fully saturated rings. The van der Waals surface area contributed by atoms with E-state index in [0.717, 1.165) is 29.1 Å². The highest BCUT2D eigenvalue weighted by Crippen LogP contribution is 2.50. The highest BCUT2D eigenvalue weighted by molar-refractivity contribution is 7.05. The van der Waals surface area contributed by atoms with E-state index in [9.17, 15) is 5.11 Å². The van der Waals surface area contributed by atoms with E-state index >= 15 is 0 Å². The Labute approximate surface area is 93.7 Å². The van der Waals surface area contributed by atoms with Gasteiger partial charge in [0.15, 0.2) is 0 Å². The van der Waals surface area contributed by atoms with Crippen molar-refractivity contribution in [2.24, 2.45) is 17.8 Å². The third-order valence-corrected chi connectivity index (χ3v) is 4.88. The van der Waals surface area contributed by atoms with Crippen LogP contribution in [0.25, 0.3) is 0 Å². The smallest absolute Gasteiger partial charge is 0.0917 e. The lowest BCUT2D eigenvalue weighted by Gasteiger charge is -2.23. The van der Waals surface area contributed by atoms with Gasteiger partial charge in [-0.1, -0.05) is 10.9 Å². The summed E-state index contributed by atoms with van der Waals surface area (Å²) in [6.07, 6.45) is 7.87. The first-order valence-electron chi connectivity index (χ1n) is 5.78. The maximum Gasteiger partial charge on any atom is 0.0917 e. The van der Waals surface area contributed by atoms with E-state index in [1.54, 1.807) is 6.20 Å². The zero-order chi connectivity index (χ0) is 10.3. The van der Waals surface area contributed by atoms with Crippen LogP contribution in [0.1, 0.15) is 43.1 Å². The fraction of sp³-hybridized carbons (Fsp3) is 0.818. The van der Waals surface area contributed by atoms with E-state index in [1.165, 1.54) is 37.2 Å². The van der Waals surface area contributed by atoms with Crippen LogP contribution in [0.2, 0.25) is 0 Å². The highest BCUT2D eigenvalue weighted by Gasteiger charge is 2.40. The summed E-state index contributed by atoms with van der Waals surface area (Å²) < 4.78 is 3.80. The molecule has 0 radical (unpaired) electrons. The highest BCUT2D eigenvalue weighted by atomic mass is 32.1. The molecule has 4 heteroatoms. The molecule has 82 valence electrons. The first-order valence-corrected chi connectivity index (χ1v) is 6.55. The van der Waals surface area contributed by atoms with E-state index in [2.05, 4.69) is 9.59 Å². The number of hydrogen-bond acceptors (Lipinski definition) is 4. The summed E-state index contributed by atoms with van der Waals surface area (Å²) in [5.41, 5.74) is 0. The zero-order valence-electron chi connectivity index (χ0n) is 8.67. The van der Waals surface area contributed by atoms with Gasteiger partial charge in [-0.2, -0.15) is 0 Å². The average Bonchev–Trinajstić information content (AvgIpc) is 2.95. The van der Waals surface area contributed by atoms with Gasteiger partial charge in [-0.05, 0) is 55.0 Å². The van der Waals surface area contributed by atoms with Crippen LogP contribution in [0.5, 0.6) is 0 Å². The Hall–Kier alpha value is -0.480. The van der Waals surface area contributed by atoms with Gasteiger partial charge in [0.1, 0.15) is 0 Å². The molecule has 0 aliphatic heterocycles. The second-order valence-corrected chi connectivity index (χ2v) is 5.82. The number of hydrogen-bond donors (Lipinski definition) is 1. The molecule has 4 atom stereocenters. The summed E-state index contributed by atoms with van der Waals surface area (Å²) >= 11 is 1.32. The van der Waals surface area contributed by atoms with Gasteiger partial charge in [0.05, 0.1) is 17.2 Å². The minimum absolute atomic E-state index is 0.325. The van der Waals surface area contributed by atoms with E-state index in [-0.39, 0.29) is 6.10 Å². The third kappa shape index (κ3) is 1.81. The van der Waals surface area contributed by atoms with Crippen LogP contribution in [0.3, 0.4) is 0 Å². The number of rotatable bonds is 3. The van der Waals surface area contributed by atoms with Crippen molar-refractivity contribution >= 4 is 11.5 Å². The van der Waals surface area contributed by atoms with E-state index < -0.39 is 0 Å². The Morgan fingerprint density at radius 1 is 1.47 bits per heavy atom. The summed E-state index contributed by atoms with van der Waals surface area (Å²) in [5, 5.41) is 13.8. The van der Waals surface area contributed by atoms with Crippen molar-refractivity contribution < 1.29 is 5.11 Å². The van der Waals surface area contributed by atoms with E-state index in [0.29, 0.717) is 0 Å². The number of aliphatic hydroxyl groups excluding tert-OH is 1. The first-order chi connectivity index (χ1) is 7.33. The first kappa shape index (κ1) is 9.73. The van der Waals surface area contributed by atoms with Crippen LogP contribution in [0.4, 0.5) is 0 Å². The van der Waals surface area contributed by atoms with Gasteiger partial charge in [-0.15, -0.1) is 5.10 Å². The van der Waals surface area contributed by atoms with Crippen molar-refractivity contribution in [3.63, 3.8) is 0 Å². The molecule has 2 saturated carbocycles. The molecule has 3 nitrogen and oxygen atoms in total. The molecule has 1 heterocycles. The fourth-order valence-electron chi connectivity index (χ4n) is 3.39. The third-order valence-electron chi connectivity index (χ3n) is 4.12. The Morgan fingerprint density at radius 2 is 2.40 bits per heavy atom. The van der Waals surface area contributed by atoms with Crippen molar-refractivity contribution in [3.05, 3.63) is 11.1 Å². The average molecular weight is 224 g/mol. The minimum Gasteiger partial charge on any atom is -0.387 e. The topological polar surface area (TPSA) is 46.0 Å². The monoisotopic (exact) mass is 224 g/mol. The molecule has 0 amide bonds. The van der Waals surface area contributed by atoms with Crippen LogP contribution in [0.15, 0.2) is 6.20 Å². The van der Waals surface area contributed by atoms with Gasteiger partial charge in [0, 0.05) is 0 Å². The molecule has 4 unspecified atom stereocenters. The second-order valence-electron chi connectivity index (χ2n) is 5.01. The maximum absolute atomic E-state index is 10.0. The molecule has 2 aliphatic carbocycles. The number of nitrogens with zero attached hydrogens (tertiary/aromatic N) is 2. The van der Waals surface area contributed by atoms with Crippen molar-refractivity contribution in [1.82, 2.24) is 9.59 Å². The SMILES string of the molecule is OC(CC1CC2CCC1C2)c1cnns1. The van der Waals surface area contributed by atoms with Crippen molar-refractivity contribution in [3.8, 4) is 0 Å². The number of aliphatic hydroxyl groups is 1. The molecule has 15 heavy (non-hydrogen) atoms. The maximum atomic E-state index is 10.0. The minimum atomic E-state index is -0.325. The Morgan fingerprint density at radius 3 is 3.00 bits per heavy atom. The normalized spacial score (nSPS) is 35.9. The van der Waals surface area contributed by atoms with Crippen LogP contribution < -0.4 is 0 Å². The molecule has 1 aromatic heterocycles. The van der Waals surface area contributed by atoms with Gasteiger partial charge in [-0.25, -0.2) is 0 Å². The molecule has 1 aromatic rings. The van der Waals surface area contributed by atoms with E-state index in [4.69, 9.17) is 0 Å². The molecule has 0 aromatic carbocycles. The molecule has 0 spiro atoms. The standard InChI is InChI=1S/C11H16N2OS/c14-10(11-6-12-13-15-11)5-9-4-7-1-2-8(9)3-7/h6-10,14H,1-5H2. The summed E-state index contributed by atoms with van der Waals surface area (Å²) in [6.45, 7) is 0. The van der Waals surface area contributed by atoms with Crippen molar-refractivity contribution in [1.29, 1.82) is 0 Å². The van der Waals surface area contributed by atoms with Gasteiger partial charge < -0.3 is 5.11 Å². The predicted octanol–water partition coefficient (Wildman–Crippen LogP) is 2.40. The second kappa shape index (κ2) is 3.83. The Kier molecular flexibility index (Phi) is 2.48. The quantitative estimate of drug-likeness (QED) is 0.857.